The summed E-state index contributed by atoms with van der Waals surface area (Å²) in [4.78, 5) is 16.0. The number of ether oxygens (including phenoxy) is 1. The van der Waals surface area contributed by atoms with Gasteiger partial charge < -0.3 is 15.2 Å². The quantitative estimate of drug-likeness (QED) is 0.666. The lowest BCUT2D eigenvalue weighted by atomic mass is 10.1. The van der Waals surface area contributed by atoms with E-state index in [1.54, 1.807) is 30.3 Å². The monoisotopic (exact) mass is 295 g/mol. The van der Waals surface area contributed by atoms with E-state index in [0.717, 1.165) is 0 Å². The van der Waals surface area contributed by atoms with Crippen LogP contribution in [0.1, 0.15) is 5.56 Å². The van der Waals surface area contributed by atoms with Crippen LogP contribution >= 0.6 is 0 Å². The zero-order valence-corrected chi connectivity index (χ0v) is 11.8. The average molecular weight is 295 g/mol. The molecule has 0 saturated carbocycles. The number of nitrogens with one attached hydrogen (secondary N) is 1. The fourth-order valence-electron chi connectivity index (χ4n) is 1.70. The number of hydrogen-bond donors (Lipinski definition) is 2. The minimum atomic E-state index is -0.608. The number of benzene rings is 1. The van der Waals surface area contributed by atoms with E-state index >= 15 is 0 Å². The number of phenolic OH excluding ortho intramolecular Hbond substituents is 1. The first kappa shape index (κ1) is 15.1. The van der Waals surface area contributed by atoms with Gasteiger partial charge in [-0.2, -0.15) is 5.26 Å². The van der Waals surface area contributed by atoms with Gasteiger partial charge in [0.1, 0.15) is 29.0 Å². The molecule has 2 N–H and O–H groups in total. The number of carbonyl (C=O) groups is 1. The van der Waals surface area contributed by atoms with Crippen LogP contribution in [0, 0.1) is 11.3 Å². The van der Waals surface area contributed by atoms with Crippen LogP contribution in [-0.2, 0) is 4.79 Å². The van der Waals surface area contributed by atoms with Crippen LogP contribution in [0.2, 0.25) is 0 Å². The lowest BCUT2D eigenvalue weighted by Crippen LogP contribution is -2.14. The number of aromatic nitrogens is 1. The van der Waals surface area contributed by atoms with E-state index in [-0.39, 0.29) is 11.3 Å². The summed E-state index contributed by atoms with van der Waals surface area (Å²) in [6.45, 7) is 0. The number of nitriles is 1. The van der Waals surface area contributed by atoms with E-state index in [4.69, 9.17) is 10.00 Å². The first-order chi connectivity index (χ1) is 10.6. The highest BCUT2D eigenvalue weighted by atomic mass is 16.5. The minimum absolute atomic E-state index is 0.0563. The molecular weight excluding hydrogens is 282 g/mol. The number of amides is 1. The Balaban J connectivity index is 2.28. The van der Waals surface area contributed by atoms with Gasteiger partial charge in [-0.25, -0.2) is 4.98 Å². The number of methoxy groups -OCH3 is 1. The lowest BCUT2D eigenvalue weighted by Gasteiger charge is -2.05. The fourth-order valence-corrected chi connectivity index (χ4v) is 1.70. The van der Waals surface area contributed by atoms with E-state index in [2.05, 4.69) is 10.3 Å². The van der Waals surface area contributed by atoms with Crippen molar-refractivity contribution in [2.45, 2.75) is 0 Å². The molecule has 2 rings (SSSR count). The third-order valence-corrected chi connectivity index (χ3v) is 2.81. The molecule has 110 valence electrons. The Morgan fingerprint density at radius 3 is 2.86 bits per heavy atom. The van der Waals surface area contributed by atoms with Crippen LogP contribution in [0.25, 0.3) is 6.08 Å². The van der Waals surface area contributed by atoms with Crippen molar-refractivity contribution in [2.75, 3.05) is 12.4 Å². The molecule has 0 aliphatic carbocycles. The molecule has 0 radical (unpaired) electrons. The topological polar surface area (TPSA) is 95.2 Å². The maximum Gasteiger partial charge on any atom is 0.267 e. The molecule has 0 aliphatic rings. The number of anilines is 1. The van der Waals surface area contributed by atoms with Crippen molar-refractivity contribution < 1.29 is 14.6 Å². The number of nitrogens with zero attached hydrogens (tertiary/aromatic N) is 2. The van der Waals surface area contributed by atoms with Crippen molar-refractivity contribution >= 4 is 17.8 Å². The number of rotatable bonds is 4. The Morgan fingerprint density at radius 2 is 2.23 bits per heavy atom. The van der Waals surface area contributed by atoms with Crippen LogP contribution in [0.4, 0.5) is 5.82 Å². The second kappa shape index (κ2) is 6.90. The Bertz CT molecular complexity index is 749. The first-order valence-electron chi connectivity index (χ1n) is 6.35. The lowest BCUT2D eigenvalue weighted by molar-refractivity contribution is -0.112. The van der Waals surface area contributed by atoms with E-state index in [9.17, 15) is 9.90 Å². The number of hydrogen-bond acceptors (Lipinski definition) is 5. The molecule has 1 aromatic heterocycles. The molecule has 22 heavy (non-hydrogen) atoms. The van der Waals surface area contributed by atoms with Gasteiger partial charge in [-0.1, -0.05) is 6.07 Å². The molecule has 1 aromatic carbocycles. The standard InChI is InChI=1S/C16H13N3O3/c1-22-13-5-6-14(20)11(9-13)8-12(10-17)16(21)19-15-4-2-3-7-18-15/h2-9,20H,1H3,(H,18,19,21)/b12-8+. The highest BCUT2D eigenvalue weighted by molar-refractivity contribution is 6.09. The van der Waals surface area contributed by atoms with Crippen molar-refractivity contribution in [1.29, 1.82) is 5.26 Å². The summed E-state index contributed by atoms with van der Waals surface area (Å²) in [5, 5.41) is 21.4. The normalized spacial score (nSPS) is 10.6. The molecule has 0 saturated heterocycles. The summed E-state index contributed by atoms with van der Waals surface area (Å²) in [6.07, 6.45) is 2.81. The molecule has 1 heterocycles. The Kier molecular flexibility index (Phi) is 4.73. The fraction of sp³-hybridized carbons (Fsp3) is 0.0625. The highest BCUT2D eigenvalue weighted by Gasteiger charge is 2.11. The van der Waals surface area contributed by atoms with Crippen molar-refractivity contribution in [2.24, 2.45) is 0 Å². The number of carbonyl (C=O) groups excluding carboxylic acids is 1. The van der Waals surface area contributed by atoms with Crippen molar-refractivity contribution in [3.63, 3.8) is 0 Å². The van der Waals surface area contributed by atoms with Crippen LogP contribution < -0.4 is 10.1 Å². The SMILES string of the molecule is COc1ccc(O)c(/C=C(\C#N)C(=O)Nc2ccccn2)c1. The first-order valence-corrected chi connectivity index (χ1v) is 6.35. The second-order valence-corrected chi connectivity index (χ2v) is 4.26. The van der Waals surface area contributed by atoms with Gasteiger partial charge in [0.25, 0.3) is 5.91 Å². The molecule has 0 atom stereocenters. The van der Waals surface area contributed by atoms with Crippen molar-refractivity contribution in [3.05, 3.63) is 53.7 Å². The smallest absolute Gasteiger partial charge is 0.267 e. The van der Waals surface area contributed by atoms with Crippen LogP contribution in [0.5, 0.6) is 11.5 Å². The number of aromatic hydroxyl groups is 1. The summed E-state index contributed by atoms with van der Waals surface area (Å²) < 4.78 is 5.05. The van der Waals surface area contributed by atoms with E-state index in [1.165, 1.54) is 31.5 Å². The van der Waals surface area contributed by atoms with E-state index < -0.39 is 5.91 Å². The molecule has 0 bridgehead atoms. The van der Waals surface area contributed by atoms with Gasteiger partial charge in [0.05, 0.1) is 7.11 Å². The predicted molar refractivity (Wildman–Crippen MR) is 81.1 cm³/mol. The molecule has 0 spiro atoms. The van der Waals surface area contributed by atoms with Gasteiger partial charge >= 0.3 is 0 Å². The second-order valence-electron chi connectivity index (χ2n) is 4.26. The summed E-state index contributed by atoms with van der Waals surface area (Å²) in [6, 6.07) is 11.4. The zero-order chi connectivity index (χ0) is 15.9. The zero-order valence-electron chi connectivity index (χ0n) is 11.8. The molecule has 0 fully saturated rings. The summed E-state index contributed by atoms with van der Waals surface area (Å²) >= 11 is 0. The van der Waals surface area contributed by atoms with Crippen LogP contribution in [-0.4, -0.2) is 23.1 Å². The maximum atomic E-state index is 12.1. The summed E-state index contributed by atoms with van der Waals surface area (Å²) in [5.41, 5.74) is 0.154. The molecule has 0 aliphatic heterocycles. The van der Waals surface area contributed by atoms with Crippen LogP contribution in [0.3, 0.4) is 0 Å². The average Bonchev–Trinajstić information content (AvgIpc) is 2.55. The summed E-state index contributed by atoms with van der Waals surface area (Å²) in [5.74, 6) is 0.178. The van der Waals surface area contributed by atoms with Gasteiger partial charge in [-0.15, -0.1) is 0 Å². The van der Waals surface area contributed by atoms with Gasteiger partial charge in [0, 0.05) is 11.8 Å². The molecule has 6 heteroatoms. The molecule has 2 aromatic rings. The van der Waals surface area contributed by atoms with E-state index in [0.29, 0.717) is 17.1 Å². The Labute approximate surface area is 127 Å². The Morgan fingerprint density at radius 1 is 1.41 bits per heavy atom. The van der Waals surface area contributed by atoms with Crippen molar-refractivity contribution in [1.82, 2.24) is 4.98 Å². The largest absolute Gasteiger partial charge is 0.507 e. The van der Waals surface area contributed by atoms with E-state index in [1.807, 2.05) is 0 Å². The van der Waals surface area contributed by atoms with Crippen molar-refractivity contribution in [3.8, 4) is 17.6 Å². The van der Waals surface area contributed by atoms with Crippen LogP contribution in [0.15, 0.2) is 48.2 Å². The van der Waals surface area contributed by atoms with Gasteiger partial charge in [-0.05, 0) is 36.4 Å². The predicted octanol–water partition coefficient (Wildman–Crippen LogP) is 2.34. The Hall–Kier alpha value is -3.33. The molecular formula is C16H13N3O3. The molecule has 1 amide bonds. The van der Waals surface area contributed by atoms with Gasteiger partial charge in [0.2, 0.25) is 0 Å². The molecule has 6 nitrogen and oxygen atoms in total. The number of phenols is 1. The highest BCUT2D eigenvalue weighted by Crippen LogP contribution is 2.25. The summed E-state index contributed by atoms with van der Waals surface area (Å²) in [7, 11) is 1.48. The third-order valence-electron chi connectivity index (χ3n) is 2.81. The van der Waals surface area contributed by atoms with Gasteiger partial charge in [-0.3, -0.25) is 4.79 Å². The minimum Gasteiger partial charge on any atom is -0.507 e. The third kappa shape index (κ3) is 3.61. The molecule has 0 unspecified atom stereocenters. The maximum absolute atomic E-state index is 12.1. The van der Waals surface area contributed by atoms with Gasteiger partial charge in [0.15, 0.2) is 0 Å². The number of pyridine rings is 1.